The van der Waals surface area contributed by atoms with Crippen molar-refractivity contribution in [2.75, 3.05) is 0 Å². The quantitative estimate of drug-likeness (QED) is 0.810. The van der Waals surface area contributed by atoms with Gasteiger partial charge in [-0.15, -0.1) is 0 Å². The lowest BCUT2D eigenvalue weighted by Crippen LogP contribution is -2.23. The molecule has 86 valence electrons. The van der Waals surface area contributed by atoms with Gasteiger partial charge in [-0.25, -0.2) is 0 Å². The zero-order valence-corrected chi connectivity index (χ0v) is 9.09. The molecule has 1 aliphatic carbocycles. The molecule has 0 saturated carbocycles. The van der Waals surface area contributed by atoms with Crippen molar-refractivity contribution >= 4 is 5.78 Å². The van der Waals surface area contributed by atoms with Gasteiger partial charge in [0.25, 0.3) is 0 Å². The number of aliphatic hydroxyl groups excluding tert-OH is 1. The standard InChI is InChI=1S/C13H11NO3/c15-9-6-10(16)12-11(7-9)17-14-13(12)8-4-2-1-3-5-8/h1-5,9,15H,6-7H2. The third-order valence-electron chi connectivity index (χ3n) is 2.93. The molecule has 1 aromatic carbocycles. The van der Waals surface area contributed by atoms with Crippen LogP contribution in [-0.2, 0) is 6.42 Å². The summed E-state index contributed by atoms with van der Waals surface area (Å²) < 4.78 is 5.15. The summed E-state index contributed by atoms with van der Waals surface area (Å²) in [5.74, 6) is 0.395. The van der Waals surface area contributed by atoms with Gasteiger partial charge in [-0.3, -0.25) is 4.79 Å². The van der Waals surface area contributed by atoms with Crippen LogP contribution in [0.2, 0.25) is 0 Å². The number of carbonyl (C=O) groups excluding carboxylic acids is 1. The van der Waals surface area contributed by atoms with Crippen LogP contribution in [-0.4, -0.2) is 22.2 Å². The highest BCUT2D eigenvalue weighted by Gasteiger charge is 2.31. The second kappa shape index (κ2) is 3.82. The molecule has 0 aliphatic heterocycles. The summed E-state index contributed by atoms with van der Waals surface area (Å²) in [7, 11) is 0. The molecule has 17 heavy (non-hydrogen) atoms. The van der Waals surface area contributed by atoms with E-state index in [0.29, 0.717) is 23.4 Å². The number of hydrogen-bond donors (Lipinski definition) is 1. The first-order valence-corrected chi connectivity index (χ1v) is 5.51. The number of hydrogen-bond acceptors (Lipinski definition) is 4. The van der Waals surface area contributed by atoms with E-state index in [1.807, 2.05) is 30.3 Å². The maximum Gasteiger partial charge on any atom is 0.171 e. The van der Waals surface area contributed by atoms with Crippen LogP contribution < -0.4 is 0 Å². The lowest BCUT2D eigenvalue weighted by molar-refractivity contribution is 0.0835. The van der Waals surface area contributed by atoms with Crippen LogP contribution in [0.25, 0.3) is 11.3 Å². The van der Waals surface area contributed by atoms with Crippen LogP contribution in [0.3, 0.4) is 0 Å². The number of benzene rings is 1. The van der Waals surface area contributed by atoms with Gasteiger partial charge in [0.2, 0.25) is 0 Å². The SMILES string of the molecule is O=C1CC(O)Cc2onc(-c3ccccc3)c21. The zero-order chi connectivity index (χ0) is 11.8. The molecule has 0 saturated heterocycles. The van der Waals surface area contributed by atoms with Crippen LogP contribution in [0.4, 0.5) is 0 Å². The lowest BCUT2D eigenvalue weighted by atomic mass is 9.91. The number of nitrogens with zero attached hydrogens (tertiary/aromatic N) is 1. The number of Topliss-reactive ketones (excluding diaryl/α,β-unsaturated/α-hetero) is 1. The first-order valence-electron chi connectivity index (χ1n) is 5.51. The molecule has 1 aromatic heterocycles. The van der Waals surface area contributed by atoms with Crippen molar-refractivity contribution in [2.24, 2.45) is 0 Å². The molecule has 1 N–H and O–H groups in total. The Hall–Kier alpha value is -1.94. The first kappa shape index (κ1) is 10.2. The van der Waals surface area contributed by atoms with E-state index in [1.165, 1.54) is 0 Å². The highest BCUT2D eigenvalue weighted by Crippen LogP contribution is 2.30. The van der Waals surface area contributed by atoms with Crippen molar-refractivity contribution in [3.63, 3.8) is 0 Å². The highest BCUT2D eigenvalue weighted by atomic mass is 16.5. The molecule has 4 nitrogen and oxygen atoms in total. The fourth-order valence-corrected chi connectivity index (χ4v) is 2.15. The molecule has 0 radical (unpaired) electrons. The number of aliphatic hydroxyl groups is 1. The Morgan fingerprint density at radius 3 is 2.76 bits per heavy atom. The summed E-state index contributed by atoms with van der Waals surface area (Å²) in [6, 6.07) is 9.45. The van der Waals surface area contributed by atoms with Gasteiger partial charge in [-0.1, -0.05) is 35.5 Å². The van der Waals surface area contributed by atoms with Crippen molar-refractivity contribution in [1.82, 2.24) is 5.16 Å². The maximum absolute atomic E-state index is 11.9. The maximum atomic E-state index is 11.9. The molecule has 2 aromatic rings. The summed E-state index contributed by atoms with van der Waals surface area (Å²) in [5, 5.41) is 13.4. The molecule has 0 bridgehead atoms. The normalized spacial score (nSPS) is 19.1. The van der Waals surface area contributed by atoms with Gasteiger partial charge in [0.1, 0.15) is 5.69 Å². The predicted molar refractivity (Wildman–Crippen MR) is 60.6 cm³/mol. The summed E-state index contributed by atoms with van der Waals surface area (Å²) in [4.78, 5) is 11.9. The van der Waals surface area contributed by atoms with Crippen molar-refractivity contribution in [3.8, 4) is 11.3 Å². The van der Waals surface area contributed by atoms with Crippen molar-refractivity contribution < 1.29 is 14.4 Å². The summed E-state index contributed by atoms with van der Waals surface area (Å²) in [6.45, 7) is 0. The van der Waals surface area contributed by atoms with E-state index in [4.69, 9.17) is 4.52 Å². The van der Waals surface area contributed by atoms with Gasteiger partial charge in [0, 0.05) is 18.4 Å². The largest absolute Gasteiger partial charge is 0.392 e. The van der Waals surface area contributed by atoms with E-state index in [2.05, 4.69) is 5.16 Å². The predicted octanol–water partition coefficient (Wildman–Crippen LogP) is 1.83. The van der Waals surface area contributed by atoms with Gasteiger partial charge in [0.15, 0.2) is 11.5 Å². The van der Waals surface area contributed by atoms with E-state index in [1.54, 1.807) is 0 Å². The third-order valence-corrected chi connectivity index (χ3v) is 2.93. The fourth-order valence-electron chi connectivity index (χ4n) is 2.15. The molecule has 3 rings (SSSR count). The number of carbonyl (C=O) groups is 1. The number of fused-ring (bicyclic) bond motifs is 1. The highest BCUT2D eigenvalue weighted by molar-refractivity contribution is 6.03. The van der Waals surface area contributed by atoms with Crippen LogP contribution in [0, 0.1) is 0 Å². The molecule has 1 atom stereocenters. The number of rotatable bonds is 1. The smallest absolute Gasteiger partial charge is 0.171 e. The second-order valence-corrected chi connectivity index (χ2v) is 4.18. The van der Waals surface area contributed by atoms with Crippen molar-refractivity contribution in [2.45, 2.75) is 18.9 Å². The minimum atomic E-state index is -0.647. The fraction of sp³-hybridized carbons (Fsp3) is 0.231. The Morgan fingerprint density at radius 2 is 2.00 bits per heavy atom. The Kier molecular flexibility index (Phi) is 2.30. The van der Waals surface area contributed by atoms with Crippen LogP contribution in [0.1, 0.15) is 22.5 Å². The number of aromatic nitrogens is 1. The number of ketones is 1. The summed E-state index contributed by atoms with van der Waals surface area (Å²) in [5.41, 5.74) is 1.97. The van der Waals surface area contributed by atoms with E-state index >= 15 is 0 Å². The molecule has 0 fully saturated rings. The van der Waals surface area contributed by atoms with Crippen LogP contribution in [0.5, 0.6) is 0 Å². The van der Waals surface area contributed by atoms with E-state index in [0.717, 1.165) is 5.56 Å². The topological polar surface area (TPSA) is 63.3 Å². The summed E-state index contributed by atoms with van der Waals surface area (Å²) >= 11 is 0. The Balaban J connectivity index is 2.13. The van der Waals surface area contributed by atoms with Crippen molar-refractivity contribution in [3.05, 3.63) is 41.7 Å². The second-order valence-electron chi connectivity index (χ2n) is 4.18. The average molecular weight is 229 g/mol. The molecular weight excluding hydrogens is 218 g/mol. The molecular formula is C13H11NO3. The Bertz CT molecular complexity index is 559. The van der Waals surface area contributed by atoms with Crippen LogP contribution in [0.15, 0.2) is 34.9 Å². The minimum Gasteiger partial charge on any atom is -0.392 e. The monoisotopic (exact) mass is 229 g/mol. The Labute approximate surface area is 97.9 Å². The van der Waals surface area contributed by atoms with Crippen molar-refractivity contribution in [1.29, 1.82) is 0 Å². The molecule has 0 amide bonds. The first-order chi connectivity index (χ1) is 8.25. The minimum absolute atomic E-state index is 0.0983. The van der Waals surface area contributed by atoms with E-state index in [-0.39, 0.29) is 12.2 Å². The van der Waals surface area contributed by atoms with Gasteiger partial charge in [0.05, 0.1) is 11.7 Å². The molecule has 1 heterocycles. The summed E-state index contributed by atoms with van der Waals surface area (Å²) in [6.07, 6.45) is -0.138. The lowest BCUT2D eigenvalue weighted by Gasteiger charge is -2.14. The van der Waals surface area contributed by atoms with Crippen LogP contribution >= 0.6 is 0 Å². The van der Waals surface area contributed by atoms with Gasteiger partial charge < -0.3 is 9.63 Å². The molecule has 1 aliphatic rings. The van der Waals surface area contributed by atoms with Gasteiger partial charge in [-0.2, -0.15) is 0 Å². The molecule has 1 unspecified atom stereocenters. The molecule has 4 heteroatoms. The van der Waals surface area contributed by atoms with E-state index < -0.39 is 6.10 Å². The zero-order valence-electron chi connectivity index (χ0n) is 9.09. The van der Waals surface area contributed by atoms with Gasteiger partial charge in [-0.05, 0) is 0 Å². The Morgan fingerprint density at radius 1 is 1.24 bits per heavy atom. The van der Waals surface area contributed by atoms with E-state index in [9.17, 15) is 9.90 Å². The average Bonchev–Trinajstić information content (AvgIpc) is 2.74. The third kappa shape index (κ3) is 1.66. The van der Waals surface area contributed by atoms with Gasteiger partial charge >= 0.3 is 0 Å². The molecule has 0 spiro atoms.